The molecule has 6 heteroatoms. The van der Waals surface area contributed by atoms with Gasteiger partial charge in [-0.1, -0.05) is 26.0 Å². The molecule has 2 N–H and O–H groups in total. The van der Waals surface area contributed by atoms with Crippen LogP contribution in [0.4, 0.5) is 0 Å². The molecule has 3 atom stereocenters. The third-order valence-electron chi connectivity index (χ3n) is 4.34. The van der Waals surface area contributed by atoms with Crippen molar-refractivity contribution in [3.63, 3.8) is 0 Å². The monoisotopic (exact) mass is 348 g/mol. The highest BCUT2D eigenvalue weighted by molar-refractivity contribution is 5.96. The van der Waals surface area contributed by atoms with E-state index in [-0.39, 0.29) is 24.0 Å². The fourth-order valence-electron chi connectivity index (χ4n) is 3.17. The van der Waals surface area contributed by atoms with Gasteiger partial charge in [-0.15, -0.1) is 0 Å². The third-order valence-corrected chi connectivity index (χ3v) is 4.34. The van der Waals surface area contributed by atoms with Gasteiger partial charge in [0.15, 0.2) is 0 Å². The van der Waals surface area contributed by atoms with Crippen LogP contribution in [0.2, 0.25) is 0 Å². The standard InChI is InChI=1S/C19H28N2O4/c1-12(2)17(19(23)24)20-18(22)16-7-5-15(6-8-16)11-21-9-13(3)25-14(4)10-21/h5-8,12-14,17H,9-11H2,1-4H3,(H,20,22)(H,23,24)/t13-,14-,17-/m0/s1. The molecule has 25 heavy (non-hydrogen) atoms. The fraction of sp³-hybridized carbons (Fsp3) is 0.579. The topological polar surface area (TPSA) is 78.9 Å². The van der Waals surface area contributed by atoms with Gasteiger partial charge in [-0.05, 0) is 37.5 Å². The average Bonchev–Trinajstić information content (AvgIpc) is 2.51. The molecule has 0 bridgehead atoms. The molecule has 1 aromatic carbocycles. The van der Waals surface area contributed by atoms with E-state index in [1.807, 2.05) is 12.1 Å². The minimum Gasteiger partial charge on any atom is -0.480 e. The van der Waals surface area contributed by atoms with Gasteiger partial charge in [0.2, 0.25) is 0 Å². The molecule has 1 aromatic rings. The van der Waals surface area contributed by atoms with Gasteiger partial charge >= 0.3 is 5.97 Å². The molecule has 2 rings (SSSR count). The van der Waals surface area contributed by atoms with Crippen LogP contribution >= 0.6 is 0 Å². The number of carbonyl (C=O) groups is 2. The maximum Gasteiger partial charge on any atom is 0.326 e. The van der Waals surface area contributed by atoms with E-state index in [2.05, 4.69) is 24.1 Å². The normalized spacial score (nSPS) is 22.6. The summed E-state index contributed by atoms with van der Waals surface area (Å²) in [6.45, 7) is 10.3. The molecule has 0 spiro atoms. The first-order chi connectivity index (χ1) is 11.8. The van der Waals surface area contributed by atoms with E-state index in [1.54, 1.807) is 26.0 Å². The Morgan fingerprint density at radius 1 is 1.20 bits per heavy atom. The van der Waals surface area contributed by atoms with Gasteiger partial charge in [-0.2, -0.15) is 0 Å². The molecular weight excluding hydrogens is 320 g/mol. The van der Waals surface area contributed by atoms with Crippen LogP contribution in [0.5, 0.6) is 0 Å². The lowest BCUT2D eigenvalue weighted by molar-refractivity contribution is -0.140. The van der Waals surface area contributed by atoms with Gasteiger partial charge in [0, 0.05) is 25.2 Å². The maximum absolute atomic E-state index is 12.2. The summed E-state index contributed by atoms with van der Waals surface area (Å²) >= 11 is 0. The van der Waals surface area contributed by atoms with Crippen molar-refractivity contribution in [2.45, 2.75) is 52.5 Å². The van der Waals surface area contributed by atoms with Crippen LogP contribution in [-0.4, -0.2) is 53.2 Å². The third kappa shape index (κ3) is 5.54. The Balaban J connectivity index is 1.97. The number of benzene rings is 1. The maximum atomic E-state index is 12.2. The lowest BCUT2D eigenvalue weighted by atomic mass is 10.0. The van der Waals surface area contributed by atoms with Crippen molar-refractivity contribution >= 4 is 11.9 Å². The molecule has 6 nitrogen and oxygen atoms in total. The lowest BCUT2D eigenvalue weighted by Gasteiger charge is -2.35. The van der Waals surface area contributed by atoms with E-state index >= 15 is 0 Å². The Hall–Kier alpha value is -1.92. The van der Waals surface area contributed by atoms with Gasteiger partial charge in [-0.3, -0.25) is 9.69 Å². The van der Waals surface area contributed by atoms with Crippen molar-refractivity contribution in [1.29, 1.82) is 0 Å². The lowest BCUT2D eigenvalue weighted by Crippen LogP contribution is -2.45. The second-order valence-corrected chi connectivity index (χ2v) is 7.18. The van der Waals surface area contributed by atoms with Crippen molar-refractivity contribution in [1.82, 2.24) is 10.2 Å². The number of carboxylic acid groups (broad SMARTS) is 1. The van der Waals surface area contributed by atoms with Crippen molar-refractivity contribution < 1.29 is 19.4 Å². The molecule has 0 aromatic heterocycles. The molecule has 1 amide bonds. The summed E-state index contributed by atoms with van der Waals surface area (Å²) in [5.41, 5.74) is 1.59. The minimum atomic E-state index is -1.02. The first kappa shape index (κ1) is 19.4. The molecule has 138 valence electrons. The van der Waals surface area contributed by atoms with E-state index in [1.165, 1.54) is 0 Å². The zero-order valence-corrected chi connectivity index (χ0v) is 15.4. The van der Waals surface area contributed by atoms with Crippen LogP contribution in [0, 0.1) is 5.92 Å². The van der Waals surface area contributed by atoms with Crippen LogP contribution in [0.15, 0.2) is 24.3 Å². The Bertz CT molecular complexity index is 590. The second-order valence-electron chi connectivity index (χ2n) is 7.18. The predicted molar refractivity (Wildman–Crippen MR) is 95.5 cm³/mol. The Morgan fingerprint density at radius 2 is 1.76 bits per heavy atom. The summed E-state index contributed by atoms with van der Waals surface area (Å²) in [4.78, 5) is 25.8. The largest absolute Gasteiger partial charge is 0.480 e. The summed E-state index contributed by atoms with van der Waals surface area (Å²) in [6.07, 6.45) is 0.440. The van der Waals surface area contributed by atoms with Crippen molar-refractivity contribution in [3.05, 3.63) is 35.4 Å². The van der Waals surface area contributed by atoms with Crippen molar-refractivity contribution in [2.24, 2.45) is 5.92 Å². The number of hydrogen-bond acceptors (Lipinski definition) is 4. The molecular formula is C19H28N2O4. The number of carboxylic acids is 1. The quantitative estimate of drug-likeness (QED) is 0.823. The van der Waals surface area contributed by atoms with Gasteiger partial charge in [0.05, 0.1) is 12.2 Å². The number of ether oxygens (including phenoxy) is 1. The first-order valence-corrected chi connectivity index (χ1v) is 8.76. The number of nitrogens with one attached hydrogen (secondary N) is 1. The average molecular weight is 348 g/mol. The minimum absolute atomic E-state index is 0.175. The smallest absolute Gasteiger partial charge is 0.326 e. The van der Waals surface area contributed by atoms with E-state index < -0.39 is 12.0 Å². The summed E-state index contributed by atoms with van der Waals surface area (Å²) in [5, 5.41) is 11.8. The SMILES string of the molecule is CC(C)[C@H](NC(=O)c1ccc(CN2C[C@H](C)O[C@@H](C)C2)cc1)C(=O)O. The van der Waals surface area contributed by atoms with Crippen LogP contribution in [0.1, 0.15) is 43.6 Å². The molecule has 1 saturated heterocycles. The van der Waals surface area contributed by atoms with Crippen molar-refractivity contribution in [3.8, 4) is 0 Å². The fourth-order valence-corrected chi connectivity index (χ4v) is 3.17. The van der Waals surface area contributed by atoms with Crippen LogP contribution in [0.25, 0.3) is 0 Å². The van der Waals surface area contributed by atoms with E-state index in [9.17, 15) is 14.7 Å². The molecule has 1 aliphatic rings. The molecule has 0 saturated carbocycles. The molecule has 0 aliphatic carbocycles. The highest BCUT2D eigenvalue weighted by Gasteiger charge is 2.24. The summed E-state index contributed by atoms with van der Waals surface area (Å²) in [6, 6.07) is 6.45. The van der Waals surface area contributed by atoms with Crippen molar-refractivity contribution in [2.75, 3.05) is 13.1 Å². The zero-order chi connectivity index (χ0) is 18.6. The number of nitrogens with zero attached hydrogens (tertiary/aromatic N) is 1. The number of morpholine rings is 1. The van der Waals surface area contributed by atoms with Gasteiger partial charge in [0.25, 0.3) is 5.91 Å². The number of amides is 1. The summed E-state index contributed by atoms with van der Waals surface area (Å²) < 4.78 is 5.74. The number of rotatable bonds is 6. The van der Waals surface area contributed by atoms with Gasteiger partial charge < -0.3 is 15.2 Å². The highest BCUT2D eigenvalue weighted by atomic mass is 16.5. The summed E-state index contributed by atoms with van der Waals surface area (Å²) in [5.74, 6) is -1.55. The van der Waals surface area contributed by atoms with Gasteiger partial charge in [0.1, 0.15) is 6.04 Å². The predicted octanol–water partition coefficient (Wildman–Crippen LogP) is 2.13. The Morgan fingerprint density at radius 3 is 2.24 bits per heavy atom. The highest BCUT2D eigenvalue weighted by Crippen LogP contribution is 2.15. The number of carbonyl (C=O) groups excluding carboxylic acids is 1. The second kappa shape index (κ2) is 8.45. The van der Waals surface area contributed by atoms with Crippen LogP contribution < -0.4 is 5.32 Å². The molecule has 0 radical (unpaired) electrons. The number of aliphatic carboxylic acids is 1. The molecule has 0 unspecified atom stereocenters. The molecule has 1 aliphatic heterocycles. The van der Waals surface area contributed by atoms with Crippen LogP contribution in [0.3, 0.4) is 0 Å². The Labute approximate surface area is 149 Å². The number of hydrogen-bond donors (Lipinski definition) is 2. The van der Waals surface area contributed by atoms with E-state index in [4.69, 9.17) is 4.74 Å². The Kier molecular flexibility index (Phi) is 6.56. The molecule has 1 heterocycles. The van der Waals surface area contributed by atoms with Crippen LogP contribution in [-0.2, 0) is 16.1 Å². The zero-order valence-electron chi connectivity index (χ0n) is 15.4. The van der Waals surface area contributed by atoms with E-state index in [0.29, 0.717) is 5.56 Å². The molecule has 1 fully saturated rings. The summed E-state index contributed by atoms with van der Waals surface area (Å²) in [7, 11) is 0. The van der Waals surface area contributed by atoms with E-state index in [0.717, 1.165) is 25.2 Å². The van der Waals surface area contributed by atoms with Gasteiger partial charge in [-0.25, -0.2) is 4.79 Å². The first-order valence-electron chi connectivity index (χ1n) is 8.76.